The maximum atomic E-state index is 11.7. The molecule has 0 saturated carbocycles. The van der Waals surface area contributed by atoms with Crippen molar-refractivity contribution in [1.82, 2.24) is 5.32 Å². The minimum absolute atomic E-state index is 0.321. The summed E-state index contributed by atoms with van der Waals surface area (Å²) in [6.07, 6.45) is 0.865. The van der Waals surface area contributed by atoms with Gasteiger partial charge in [0, 0.05) is 5.56 Å². The van der Waals surface area contributed by atoms with Gasteiger partial charge in [0.15, 0.2) is 11.5 Å². The summed E-state index contributed by atoms with van der Waals surface area (Å²) in [5.41, 5.74) is 0.321. The fourth-order valence-corrected chi connectivity index (χ4v) is 1.40. The first-order chi connectivity index (χ1) is 9.08. The number of carbonyl (C=O) groups is 2. The van der Waals surface area contributed by atoms with Crippen LogP contribution in [0.5, 0.6) is 11.5 Å². The molecule has 0 aliphatic rings. The van der Waals surface area contributed by atoms with Gasteiger partial charge in [-0.15, -0.1) is 0 Å². The topological polar surface area (TPSA) is 84.9 Å². The van der Waals surface area contributed by atoms with Crippen molar-refractivity contribution in [3.05, 3.63) is 23.8 Å². The number of aliphatic carboxylic acids is 1. The molecule has 1 rings (SSSR count). The number of ether oxygens (including phenoxy) is 2. The molecule has 19 heavy (non-hydrogen) atoms. The van der Waals surface area contributed by atoms with Gasteiger partial charge in [-0.25, -0.2) is 0 Å². The van der Waals surface area contributed by atoms with E-state index in [9.17, 15) is 9.59 Å². The second kappa shape index (κ2) is 7.25. The lowest BCUT2D eigenvalue weighted by atomic mass is 10.2. The largest absolute Gasteiger partial charge is 0.493 e. The van der Waals surface area contributed by atoms with Gasteiger partial charge in [0.25, 0.3) is 5.91 Å². The van der Waals surface area contributed by atoms with E-state index in [1.807, 2.05) is 6.92 Å². The van der Waals surface area contributed by atoms with Gasteiger partial charge in [-0.3, -0.25) is 9.59 Å². The van der Waals surface area contributed by atoms with Gasteiger partial charge in [-0.05, 0) is 24.6 Å². The number of nitrogens with one attached hydrogen (secondary N) is 1. The van der Waals surface area contributed by atoms with Gasteiger partial charge >= 0.3 is 5.97 Å². The molecule has 0 fully saturated rings. The Morgan fingerprint density at radius 1 is 1.32 bits per heavy atom. The zero-order chi connectivity index (χ0) is 14.3. The van der Waals surface area contributed by atoms with Gasteiger partial charge in [-0.2, -0.15) is 0 Å². The van der Waals surface area contributed by atoms with E-state index in [1.165, 1.54) is 13.2 Å². The van der Waals surface area contributed by atoms with Crippen LogP contribution >= 0.6 is 0 Å². The number of methoxy groups -OCH3 is 1. The molecule has 0 saturated heterocycles. The predicted octanol–water partition coefficient (Wildman–Crippen LogP) is 1.30. The SMILES string of the molecule is CCCOc1ccc(C(=O)NCC(=O)O)cc1OC. The molecule has 0 aliphatic heterocycles. The molecule has 0 heterocycles. The Bertz CT molecular complexity index is 458. The van der Waals surface area contributed by atoms with E-state index in [2.05, 4.69) is 5.32 Å². The number of carbonyl (C=O) groups excluding carboxylic acids is 1. The summed E-state index contributed by atoms with van der Waals surface area (Å²) >= 11 is 0. The fourth-order valence-electron chi connectivity index (χ4n) is 1.40. The van der Waals surface area contributed by atoms with Crippen LogP contribution in [0.15, 0.2) is 18.2 Å². The molecule has 1 amide bonds. The molecule has 1 aromatic rings. The van der Waals surface area contributed by atoms with E-state index in [1.54, 1.807) is 12.1 Å². The molecule has 0 unspecified atom stereocenters. The zero-order valence-corrected chi connectivity index (χ0v) is 10.9. The Labute approximate surface area is 111 Å². The Morgan fingerprint density at radius 2 is 2.05 bits per heavy atom. The molecule has 104 valence electrons. The minimum atomic E-state index is -1.09. The van der Waals surface area contributed by atoms with E-state index in [4.69, 9.17) is 14.6 Å². The first-order valence-electron chi connectivity index (χ1n) is 5.89. The first-order valence-corrected chi connectivity index (χ1v) is 5.89. The van der Waals surface area contributed by atoms with Gasteiger partial charge in [0.2, 0.25) is 0 Å². The third-order valence-electron chi connectivity index (χ3n) is 2.29. The lowest BCUT2D eigenvalue weighted by Gasteiger charge is -2.11. The van der Waals surface area contributed by atoms with Crippen molar-refractivity contribution in [1.29, 1.82) is 0 Å². The van der Waals surface area contributed by atoms with Crippen LogP contribution < -0.4 is 14.8 Å². The average Bonchev–Trinajstić information content (AvgIpc) is 2.42. The molecule has 0 aliphatic carbocycles. The highest BCUT2D eigenvalue weighted by atomic mass is 16.5. The average molecular weight is 267 g/mol. The van der Waals surface area contributed by atoms with Crippen LogP contribution in [0.4, 0.5) is 0 Å². The van der Waals surface area contributed by atoms with E-state index in [-0.39, 0.29) is 0 Å². The molecular weight excluding hydrogens is 250 g/mol. The molecule has 0 bridgehead atoms. The smallest absolute Gasteiger partial charge is 0.322 e. The van der Waals surface area contributed by atoms with Crippen molar-refractivity contribution in [2.45, 2.75) is 13.3 Å². The predicted molar refractivity (Wildman–Crippen MR) is 68.7 cm³/mol. The number of amides is 1. The van der Waals surface area contributed by atoms with Crippen molar-refractivity contribution in [2.75, 3.05) is 20.3 Å². The van der Waals surface area contributed by atoms with Gasteiger partial charge < -0.3 is 19.9 Å². The van der Waals surface area contributed by atoms with E-state index in [0.717, 1.165) is 6.42 Å². The lowest BCUT2D eigenvalue weighted by molar-refractivity contribution is -0.135. The van der Waals surface area contributed by atoms with Gasteiger partial charge in [0.05, 0.1) is 13.7 Å². The first kappa shape index (κ1) is 14.8. The zero-order valence-electron chi connectivity index (χ0n) is 10.9. The minimum Gasteiger partial charge on any atom is -0.493 e. The molecule has 1 aromatic carbocycles. The van der Waals surface area contributed by atoms with Crippen LogP contribution in [0.3, 0.4) is 0 Å². The molecular formula is C13H17NO5. The maximum absolute atomic E-state index is 11.7. The van der Waals surface area contributed by atoms with Crippen molar-refractivity contribution in [3.63, 3.8) is 0 Å². The third kappa shape index (κ3) is 4.50. The normalized spacial score (nSPS) is 9.79. The summed E-state index contributed by atoms with van der Waals surface area (Å²) in [5.74, 6) is -0.568. The van der Waals surface area contributed by atoms with E-state index >= 15 is 0 Å². The highest BCUT2D eigenvalue weighted by Gasteiger charge is 2.11. The number of carboxylic acid groups (broad SMARTS) is 1. The van der Waals surface area contributed by atoms with Crippen LogP contribution in [0.1, 0.15) is 23.7 Å². The quantitative estimate of drug-likeness (QED) is 0.777. The van der Waals surface area contributed by atoms with E-state index in [0.29, 0.717) is 23.7 Å². The van der Waals surface area contributed by atoms with Crippen molar-refractivity contribution >= 4 is 11.9 Å². The Balaban J connectivity index is 2.80. The Kier molecular flexibility index (Phi) is 5.66. The summed E-state index contributed by atoms with van der Waals surface area (Å²) < 4.78 is 10.6. The molecule has 2 N–H and O–H groups in total. The lowest BCUT2D eigenvalue weighted by Crippen LogP contribution is -2.29. The summed E-state index contributed by atoms with van der Waals surface area (Å²) in [5, 5.41) is 10.8. The summed E-state index contributed by atoms with van der Waals surface area (Å²) in [7, 11) is 1.48. The van der Waals surface area contributed by atoms with Crippen LogP contribution in [-0.4, -0.2) is 37.2 Å². The van der Waals surface area contributed by atoms with E-state index < -0.39 is 18.4 Å². The summed E-state index contributed by atoms with van der Waals surface area (Å²) in [4.78, 5) is 22.0. The standard InChI is InChI=1S/C13H17NO5/c1-3-6-19-10-5-4-9(7-11(10)18-2)13(17)14-8-12(15)16/h4-5,7H,3,6,8H2,1-2H3,(H,14,17)(H,15,16). The molecule has 0 radical (unpaired) electrons. The van der Waals surface area contributed by atoms with Crippen molar-refractivity contribution in [3.8, 4) is 11.5 Å². The van der Waals surface area contributed by atoms with Crippen LogP contribution in [0, 0.1) is 0 Å². The van der Waals surface area contributed by atoms with Gasteiger partial charge in [0.1, 0.15) is 6.54 Å². The van der Waals surface area contributed by atoms with Crippen LogP contribution in [-0.2, 0) is 4.79 Å². The maximum Gasteiger partial charge on any atom is 0.322 e. The number of benzene rings is 1. The molecule has 0 spiro atoms. The second-order valence-electron chi connectivity index (χ2n) is 3.79. The molecule has 6 heteroatoms. The number of hydrogen-bond donors (Lipinski definition) is 2. The number of rotatable bonds is 7. The Morgan fingerprint density at radius 3 is 2.63 bits per heavy atom. The summed E-state index contributed by atoms with van der Waals surface area (Å²) in [6.45, 7) is 2.12. The monoisotopic (exact) mass is 267 g/mol. The Hall–Kier alpha value is -2.24. The number of hydrogen-bond acceptors (Lipinski definition) is 4. The molecule has 0 atom stereocenters. The van der Waals surface area contributed by atoms with Gasteiger partial charge in [-0.1, -0.05) is 6.92 Å². The highest BCUT2D eigenvalue weighted by Crippen LogP contribution is 2.28. The van der Waals surface area contributed by atoms with Crippen LogP contribution in [0.2, 0.25) is 0 Å². The van der Waals surface area contributed by atoms with Crippen LogP contribution in [0.25, 0.3) is 0 Å². The van der Waals surface area contributed by atoms with Crippen molar-refractivity contribution < 1.29 is 24.2 Å². The molecule has 6 nitrogen and oxygen atoms in total. The van der Waals surface area contributed by atoms with Crippen molar-refractivity contribution in [2.24, 2.45) is 0 Å². The fraction of sp³-hybridized carbons (Fsp3) is 0.385. The third-order valence-corrected chi connectivity index (χ3v) is 2.29. The molecule has 0 aromatic heterocycles. The second-order valence-corrected chi connectivity index (χ2v) is 3.79. The summed E-state index contributed by atoms with van der Waals surface area (Å²) in [6, 6.07) is 4.71. The highest BCUT2D eigenvalue weighted by molar-refractivity contribution is 5.96. The number of carboxylic acids is 1.